The molecule has 0 saturated carbocycles. The fraction of sp³-hybridized carbons (Fsp3) is 0.294. The van der Waals surface area contributed by atoms with E-state index in [0.29, 0.717) is 17.8 Å². The zero-order valence-electron chi connectivity index (χ0n) is 13.8. The molecule has 1 heterocycles. The maximum absolute atomic E-state index is 9.31. The van der Waals surface area contributed by atoms with Crippen molar-refractivity contribution in [3.05, 3.63) is 53.7 Å². The van der Waals surface area contributed by atoms with Gasteiger partial charge in [-0.25, -0.2) is 4.98 Å². The normalized spacial score (nSPS) is 12.1. The number of aliphatic hydroxyl groups is 1. The maximum atomic E-state index is 9.31. The summed E-state index contributed by atoms with van der Waals surface area (Å²) in [6.07, 6.45) is 2.19. The summed E-state index contributed by atoms with van der Waals surface area (Å²) >= 11 is 1.57. The van der Waals surface area contributed by atoms with Crippen LogP contribution in [0.5, 0.6) is 0 Å². The van der Waals surface area contributed by atoms with Crippen LogP contribution in [0.25, 0.3) is 0 Å². The van der Waals surface area contributed by atoms with Crippen LogP contribution in [0, 0.1) is 11.3 Å². The van der Waals surface area contributed by atoms with Gasteiger partial charge in [0.1, 0.15) is 11.9 Å². The monoisotopic (exact) mass is 400 g/mol. The third-order valence-corrected chi connectivity index (χ3v) is 4.78. The highest BCUT2D eigenvalue weighted by Gasteiger charge is 2.19. The lowest BCUT2D eigenvalue weighted by atomic mass is 10.1. The molecule has 4 N–H and O–H groups in total. The van der Waals surface area contributed by atoms with Gasteiger partial charge in [-0.15, -0.1) is 36.6 Å². The number of nitrogens with two attached hydrogens (primary N) is 1. The molecular weight excluding hydrogens is 379 g/mol. The fourth-order valence-corrected chi connectivity index (χ4v) is 3.53. The molecule has 2 rings (SSSR count). The van der Waals surface area contributed by atoms with Crippen LogP contribution in [-0.2, 0) is 0 Å². The van der Waals surface area contributed by atoms with Gasteiger partial charge in [-0.3, -0.25) is 0 Å². The molecule has 8 heteroatoms. The Morgan fingerprint density at radius 3 is 2.56 bits per heavy atom. The first-order valence-electron chi connectivity index (χ1n) is 7.33. The number of hydrogen-bond donors (Lipinski definition) is 3. The number of anilines is 1. The zero-order chi connectivity index (χ0) is 16.7. The number of halogens is 2. The minimum absolute atomic E-state index is 0. The smallest absolute Gasteiger partial charge is 0.126 e. The van der Waals surface area contributed by atoms with Gasteiger partial charge in [0.05, 0.1) is 12.2 Å². The number of aliphatic hydroxyl groups excluding tert-OH is 1. The van der Waals surface area contributed by atoms with Gasteiger partial charge in [0.2, 0.25) is 0 Å². The number of nitriles is 1. The molecule has 0 unspecified atom stereocenters. The van der Waals surface area contributed by atoms with Gasteiger partial charge >= 0.3 is 0 Å². The molecule has 0 bridgehead atoms. The Labute approximate surface area is 164 Å². The van der Waals surface area contributed by atoms with Crippen LogP contribution < -0.4 is 11.1 Å². The SMILES string of the molecule is CNc1cc(S[C@H](C[C@H](N)CO)c2ccccc2)c(C#N)cn1.Cl.Cl. The van der Waals surface area contributed by atoms with Crippen molar-refractivity contribution in [3.63, 3.8) is 0 Å². The van der Waals surface area contributed by atoms with Crippen LogP contribution in [0.2, 0.25) is 0 Å². The van der Waals surface area contributed by atoms with E-state index < -0.39 is 0 Å². The Hall–Kier alpha value is -1.49. The van der Waals surface area contributed by atoms with E-state index in [9.17, 15) is 10.4 Å². The van der Waals surface area contributed by atoms with E-state index in [2.05, 4.69) is 16.4 Å². The van der Waals surface area contributed by atoms with Gasteiger partial charge in [-0.1, -0.05) is 30.3 Å². The van der Waals surface area contributed by atoms with Gasteiger partial charge in [0.25, 0.3) is 0 Å². The van der Waals surface area contributed by atoms with E-state index in [1.807, 2.05) is 36.4 Å². The predicted molar refractivity (Wildman–Crippen MR) is 108 cm³/mol. The minimum atomic E-state index is -0.302. The second-order valence-corrected chi connectivity index (χ2v) is 6.37. The average Bonchev–Trinajstić information content (AvgIpc) is 2.61. The third-order valence-electron chi connectivity index (χ3n) is 3.43. The van der Waals surface area contributed by atoms with Gasteiger partial charge in [0.15, 0.2) is 0 Å². The molecule has 0 aliphatic heterocycles. The molecular formula is C17H22Cl2N4OS. The van der Waals surface area contributed by atoms with Crippen LogP contribution in [0.3, 0.4) is 0 Å². The molecule has 5 nitrogen and oxygen atoms in total. The highest BCUT2D eigenvalue weighted by Crippen LogP contribution is 2.40. The molecule has 0 radical (unpaired) electrons. The van der Waals surface area contributed by atoms with Crippen LogP contribution in [0.4, 0.5) is 5.82 Å². The van der Waals surface area contributed by atoms with Crippen LogP contribution in [-0.4, -0.2) is 29.8 Å². The summed E-state index contributed by atoms with van der Waals surface area (Å²) in [6, 6.07) is 13.7. The van der Waals surface area contributed by atoms with Crippen molar-refractivity contribution in [2.45, 2.75) is 22.6 Å². The van der Waals surface area contributed by atoms with Gasteiger partial charge < -0.3 is 16.2 Å². The third kappa shape index (κ3) is 6.73. The first-order chi connectivity index (χ1) is 11.2. The van der Waals surface area contributed by atoms with Crippen molar-refractivity contribution >= 4 is 42.4 Å². The number of thioether (sulfide) groups is 1. The number of rotatable bonds is 7. The van der Waals surface area contributed by atoms with Gasteiger partial charge in [0, 0.05) is 29.4 Å². The highest BCUT2D eigenvalue weighted by molar-refractivity contribution is 7.99. The van der Waals surface area contributed by atoms with Crippen molar-refractivity contribution in [3.8, 4) is 6.07 Å². The summed E-state index contributed by atoms with van der Waals surface area (Å²) < 4.78 is 0. The van der Waals surface area contributed by atoms with E-state index in [0.717, 1.165) is 10.5 Å². The Morgan fingerprint density at radius 1 is 1.32 bits per heavy atom. The summed E-state index contributed by atoms with van der Waals surface area (Å²) in [4.78, 5) is 5.03. The second-order valence-electron chi connectivity index (χ2n) is 5.12. The second kappa shape index (κ2) is 12.0. The predicted octanol–water partition coefficient (Wildman–Crippen LogP) is 3.38. The number of nitrogens with zero attached hydrogens (tertiary/aromatic N) is 2. The van der Waals surface area contributed by atoms with E-state index in [1.165, 1.54) is 0 Å². The molecule has 0 aliphatic carbocycles. The summed E-state index contributed by atoms with van der Waals surface area (Å²) in [6.45, 7) is -0.0624. The minimum Gasteiger partial charge on any atom is -0.395 e. The number of benzene rings is 1. The van der Waals surface area contributed by atoms with Crippen LogP contribution >= 0.6 is 36.6 Å². The zero-order valence-corrected chi connectivity index (χ0v) is 16.2. The molecule has 25 heavy (non-hydrogen) atoms. The first-order valence-corrected chi connectivity index (χ1v) is 8.21. The van der Waals surface area contributed by atoms with Gasteiger partial charge in [-0.2, -0.15) is 5.26 Å². The molecule has 0 saturated heterocycles. The molecule has 1 aromatic heterocycles. The van der Waals surface area contributed by atoms with Crippen LogP contribution in [0.15, 0.2) is 47.5 Å². The van der Waals surface area contributed by atoms with Crippen molar-refractivity contribution in [2.24, 2.45) is 5.73 Å². The number of aromatic nitrogens is 1. The molecule has 2 atom stereocenters. The molecule has 0 aliphatic rings. The number of pyridine rings is 1. The quantitative estimate of drug-likeness (QED) is 0.616. The number of nitrogens with one attached hydrogen (secondary N) is 1. The average molecular weight is 401 g/mol. The van der Waals surface area contributed by atoms with Crippen molar-refractivity contribution in [2.75, 3.05) is 19.0 Å². The van der Waals surface area contributed by atoms with Crippen molar-refractivity contribution in [1.82, 2.24) is 4.98 Å². The lowest BCUT2D eigenvalue weighted by Crippen LogP contribution is -2.26. The van der Waals surface area contributed by atoms with Crippen molar-refractivity contribution in [1.29, 1.82) is 5.26 Å². The van der Waals surface area contributed by atoms with Gasteiger partial charge in [-0.05, 0) is 18.1 Å². The Morgan fingerprint density at radius 2 is 2.00 bits per heavy atom. The molecule has 2 aromatic rings. The first kappa shape index (κ1) is 23.5. The largest absolute Gasteiger partial charge is 0.395 e. The van der Waals surface area contributed by atoms with Crippen molar-refractivity contribution < 1.29 is 5.11 Å². The Balaban J connectivity index is 0.00000288. The van der Waals surface area contributed by atoms with E-state index in [-0.39, 0.29) is 42.7 Å². The molecule has 0 spiro atoms. The molecule has 0 amide bonds. The summed E-state index contributed by atoms with van der Waals surface area (Å²) in [5.74, 6) is 0.713. The van der Waals surface area contributed by atoms with E-state index in [4.69, 9.17) is 5.73 Å². The van der Waals surface area contributed by atoms with E-state index in [1.54, 1.807) is 25.0 Å². The fourth-order valence-electron chi connectivity index (χ4n) is 2.18. The number of hydrogen-bond acceptors (Lipinski definition) is 6. The summed E-state index contributed by atoms with van der Waals surface area (Å²) in [5.41, 5.74) is 7.59. The maximum Gasteiger partial charge on any atom is 0.126 e. The highest BCUT2D eigenvalue weighted by atomic mass is 35.5. The molecule has 1 aromatic carbocycles. The van der Waals surface area contributed by atoms with E-state index >= 15 is 0 Å². The summed E-state index contributed by atoms with van der Waals surface area (Å²) in [5, 5.41) is 21.6. The molecule has 0 fully saturated rings. The lowest BCUT2D eigenvalue weighted by Gasteiger charge is -2.20. The summed E-state index contributed by atoms with van der Waals surface area (Å²) in [7, 11) is 1.79. The Kier molecular flexibility index (Phi) is 11.2. The van der Waals surface area contributed by atoms with Crippen LogP contribution in [0.1, 0.15) is 22.8 Å². The Bertz CT molecular complexity index is 682. The lowest BCUT2D eigenvalue weighted by molar-refractivity contribution is 0.259. The standard InChI is InChI=1S/C17H20N4OS.2ClH/c1-20-17-8-16(13(9-18)10-21-17)23-15(7-14(19)11-22)12-5-3-2-4-6-12;;/h2-6,8,10,14-15,22H,7,11,19H2,1H3,(H,20,21);2*1H/t14-,15+;;/m0../s1. The topological polar surface area (TPSA) is 95.0 Å². The molecule has 136 valence electrons.